The third-order valence-electron chi connectivity index (χ3n) is 2.93. The molecule has 92 valence electrons. The number of carbonyl (C=O) groups is 1. The molecule has 17 heavy (non-hydrogen) atoms. The van der Waals surface area contributed by atoms with Crippen LogP contribution in [0.25, 0.3) is 0 Å². The van der Waals surface area contributed by atoms with Crippen LogP contribution in [0.2, 0.25) is 0 Å². The maximum absolute atomic E-state index is 12.0. The summed E-state index contributed by atoms with van der Waals surface area (Å²) < 4.78 is 1.05. The zero-order valence-corrected chi connectivity index (χ0v) is 11.5. The monoisotopic (exact) mass is 296 g/mol. The van der Waals surface area contributed by atoms with Crippen LogP contribution in [0.1, 0.15) is 25.3 Å². The summed E-state index contributed by atoms with van der Waals surface area (Å²) in [5.41, 5.74) is 6.83. The molecule has 1 amide bonds. The highest BCUT2D eigenvalue weighted by atomic mass is 79.9. The number of halogens is 1. The average Bonchev–Trinajstić information content (AvgIpc) is 3.11. The Hall–Kier alpha value is -0.870. The molecule has 2 N–H and O–H groups in total. The molecule has 0 heterocycles. The van der Waals surface area contributed by atoms with Gasteiger partial charge in [-0.2, -0.15) is 0 Å². The van der Waals surface area contributed by atoms with Crippen molar-refractivity contribution >= 4 is 21.8 Å². The highest BCUT2D eigenvalue weighted by Gasteiger charge is 2.33. The van der Waals surface area contributed by atoms with E-state index >= 15 is 0 Å². The van der Waals surface area contributed by atoms with E-state index in [2.05, 4.69) is 15.9 Å². The van der Waals surface area contributed by atoms with Crippen LogP contribution in [0.5, 0.6) is 0 Å². The second-order valence-electron chi connectivity index (χ2n) is 4.61. The number of amides is 1. The first kappa shape index (κ1) is 12.6. The quantitative estimate of drug-likeness (QED) is 0.927. The lowest BCUT2D eigenvalue weighted by Crippen LogP contribution is -2.42. The van der Waals surface area contributed by atoms with Crippen molar-refractivity contribution in [3.63, 3.8) is 0 Å². The van der Waals surface area contributed by atoms with Crippen molar-refractivity contribution in [2.45, 2.75) is 38.4 Å². The largest absolute Gasteiger partial charge is 0.334 e. The molecule has 0 aromatic heterocycles. The second kappa shape index (κ2) is 5.19. The van der Waals surface area contributed by atoms with Crippen molar-refractivity contribution in [3.8, 4) is 0 Å². The Morgan fingerprint density at radius 3 is 2.53 bits per heavy atom. The number of nitrogens with two attached hydrogens (primary N) is 1. The van der Waals surface area contributed by atoms with Gasteiger partial charge < -0.3 is 10.6 Å². The number of benzene rings is 1. The predicted molar refractivity (Wildman–Crippen MR) is 71.4 cm³/mol. The molecule has 1 fully saturated rings. The van der Waals surface area contributed by atoms with E-state index in [1.807, 2.05) is 29.2 Å². The zero-order chi connectivity index (χ0) is 12.4. The molecular formula is C13H17BrN2O. The molecule has 1 aliphatic rings. The van der Waals surface area contributed by atoms with E-state index in [0.717, 1.165) is 22.9 Å². The summed E-state index contributed by atoms with van der Waals surface area (Å²) in [6.07, 6.45) is 2.21. The van der Waals surface area contributed by atoms with Gasteiger partial charge in [-0.1, -0.05) is 28.1 Å². The van der Waals surface area contributed by atoms with Gasteiger partial charge in [0, 0.05) is 17.1 Å². The first-order valence-corrected chi connectivity index (χ1v) is 6.67. The van der Waals surface area contributed by atoms with Gasteiger partial charge in [0.05, 0.1) is 6.04 Å². The maximum atomic E-state index is 12.0. The minimum absolute atomic E-state index is 0.0513. The number of carbonyl (C=O) groups excluding carboxylic acids is 1. The molecule has 2 rings (SSSR count). The van der Waals surface area contributed by atoms with E-state index < -0.39 is 6.04 Å². The molecule has 1 saturated carbocycles. The molecule has 4 heteroatoms. The minimum atomic E-state index is -0.411. The van der Waals surface area contributed by atoms with Gasteiger partial charge in [-0.15, -0.1) is 0 Å². The topological polar surface area (TPSA) is 46.3 Å². The first-order valence-electron chi connectivity index (χ1n) is 5.88. The number of hydrogen-bond acceptors (Lipinski definition) is 2. The van der Waals surface area contributed by atoms with Crippen molar-refractivity contribution in [3.05, 3.63) is 34.3 Å². The summed E-state index contributed by atoms with van der Waals surface area (Å²) in [5, 5.41) is 0. The lowest BCUT2D eigenvalue weighted by molar-refractivity contribution is -0.133. The number of nitrogens with zero attached hydrogens (tertiary/aromatic N) is 1. The van der Waals surface area contributed by atoms with E-state index in [0.29, 0.717) is 12.6 Å². The highest BCUT2D eigenvalue weighted by Crippen LogP contribution is 2.29. The van der Waals surface area contributed by atoms with Gasteiger partial charge in [-0.25, -0.2) is 0 Å². The third-order valence-corrected chi connectivity index (χ3v) is 3.46. The van der Waals surface area contributed by atoms with Crippen LogP contribution in [-0.2, 0) is 11.3 Å². The Balaban J connectivity index is 2.07. The lowest BCUT2D eigenvalue weighted by atomic mass is 10.2. The van der Waals surface area contributed by atoms with Crippen LogP contribution < -0.4 is 5.73 Å². The fourth-order valence-electron chi connectivity index (χ4n) is 1.82. The Labute approximate surface area is 110 Å². The van der Waals surface area contributed by atoms with Crippen LogP contribution in [0.15, 0.2) is 28.7 Å². The smallest absolute Gasteiger partial charge is 0.239 e. The van der Waals surface area contributed by atoms with Crippen LogP contribution in [0.3, 0.4) is 0 Å². The lowest BCUT2D eigenvalue weighted by Gasteiger charge is -2.24. The Kier molecular flexibility index (Phi) is 3.84. The first-order chi connectivity index (χ1) is 8.08. The van der Waals surface area contributed by atoms with Gasteiger partial charge in [-0.3, -0.25) is 4.79 Å². The van der Waals surface area contributed by atoms with Gasteiger partial charge in [0.2, 0.25) is 5.91 Å². The Bertz CT molecular complexity index is 398. The summed E-state index contributed by atoms with van der Waals surface area (Å²) in [6.45, 7) is 2.41. The molecule has 0 spiro atoms. The van der Waals surface area contributed by atoms with Gasteiger partial charge in [0.25, 0.3) is 0 Å². The van der Waals surface area contributed by atoms with Crippen LogP contribution in [-0.4, -0.2) is 22.9 Å². The molecule has 0 aliphatic heterocycles. The molecule has 1 aromatic carbocycles. The Morgan fingerprint density at radius 2 is 2.06 bits per heavy atom. The summed E-state index contributed by atoms with van der Waals surface area (Å²) in [7, 11) is 0. The summed E-state index contributed by atoms with van der Waals surface area (Å²) >= 11 is 3.40. The van der Waals surface area contributed by atoms with Crippen LogP contribution >= 0.6 is 15.9 Å². The fourth-order valence-corrected chi connectivity index (χ4v) is 2.09. The molecular weight excluding hydrogens is 280 g/mol. The molecule has 0 radical (unpaired) electrons. The SMILES string of the molecule is CC(N)C(=O)N(Cc1ccc(Br)cc1)C1CC1. The number of hydrogen-bond donors (Lipinski definition) is 1. The van der Waals surface area contributed by atoms with Crippen LogP contribution in [0.4, 0.5) is 0 Å². The summed E-state index contributed by atoms with van der Waals surface area (Å²) in [4.78, 5) is 13.9. The minimum Gasteiger partial charge on any atom is -0.334 e. The van der Waals surface area contributed by atoms with Crippen molar-refractivity contribution in [2.75, 3.05) is 0 Å². The molecule has 1 atom stereocenters. The standard InChI is InChI=1S/C13H17BrN2O/c1-9(15)13(17)16(12-6-7-12)8-10-2-4-11(14)5-3-10/h2-5,9,12H,6-8,15H2,1H3. The van der Waals surface area contributed by atoms with Gasteiger partial charge in [0.1, 0.15) is 0 Å². The third kappa shape index (κ3) is 3.30. The van der Waals surface area contributed by atoms with Crippen molar-refractivity contribution in [1.29, 1.82) is 0 Å². The predicted octanol–water partition coefficient (Wildman–Crippen LogP) is 2.29. The zero-order valence-electron chi connectivity index (χ0n) is 9.90. The van der Waals surface area contributed by atoms with E-state index in [1.165, 1.54) is 0 Å². The molecule has 1 aromatic rings. The van der Waals surface area contributed by atoms with Gasteiger partial charge in [0.15, 0.2) is 0 Å². The van der Waals surface area contributed by atoms with E-state index in [4.69, 9.17) is 5.73 Å². The van der Waals surface area contributed by atoms with Gasteiger partial charge in [-0.05, 0) is 37.5 Å². The van der Waals surface area contributed by atoms with E-state index in [1.54, 1.807) is 6.92 Å². The van der Waals surface area contributed by atoms with E-state index in [9.17, 15) is 4.79 Å². The second-order valence-corrected chi connectivity index (χ2v) is 5.53. The Morgan fingerprint density at radius 1 is 1.47 bits per heavy atom. The molecule has 0 bridgehead atoms. The fraction of sp³-hybridized carbons (Fsp3) is 0.462. The maximum Gasteiger partial charge on any atom is 0.239 e. The van der Waals surface area contributed by atoms with E-state index in [-0.39, 0.29) is 5.91 Å². The number of rotatable bonds is 4. The normalized spacial score (nSPS) is 16.6. The molecule has 3 nitrogen and oxygen atoms in total. The van der Waals surface area contributed by atoms with Crippen LogP contribution in [0, 0.1) is 0 Å². The van der Waals surface area contributed by atoms with Crippen molar-refractivity contribution < 1.29 is 4.79 Å². The summed E-state index contributed by atoms with van der Waals surface area (Å²) in [5.74, 6) is 0.0513. The molecule has 0 saturated heterocycles. The summed E-state index contributed by atoms with van der Waals surface area (Å²) in [6, 6.07) is 8.05. The van der Waals surface area contributed by atoms with Gasteiger partial charge >= 0.3 is 0 Å². The van der Waals surface area contributed by atoms with Crippen molar-refractivity contribution in [1.82, 2.24) is 4.90 Å². The molecule has 1 unspecified atom stereocenters. The highest BCUT2D eigenvalue weighted by molar-refractivity contribution is 9.10. The molecule has 1 aliphatic carbocycles. The van der Waals surface area contributed by atoms with Crippen molar-refractivity contribution in [2.24, 2.45) is 5.73 Å². The average molecular weight is 297 g/mol.